The standard InChI is InChI=1S/C11H14O2/c1-5-9(2)7-6-8-10(3)11(12)13-4/h5,8H,1-4H3/b9-5-,10-8-. The van der Waals surface area contributed by atoms with Gasteiger partial charge in [0.05, 0.1) is 7.11 Å². The van der Waals surface area contributed by atoms with Crippen LogP contribution in [0.1, 0.15) is 20.8 Å². The van der Waals surface area contributed by atoms with E-state index in [4.69, 9.17) is 0 Å². The SMILES string of the molecule is C/C=C(/C)C#C/C=C(/C)C(=O)OC. The zero-order valence-corrected chi connectivity index (χ0v) is 8.47. The largest absolute Gasteiger partial charge is 0.466 e. The van der Waals surface area contributed by atoms with Gasteiger partial charge in [0, 0.05) is 5.57 Å². The molecule has 0 aliphatic rings. The predicted molar refractivity (Wildman–Crippen MR) is 53.0 cm³/mol. The Hall–Kier alpha value is -1.49. The van der Waals surface area contributed by atoms with Gasteiger partial charge in [-0.15, -0.1) is 0 Å². The smallest absolute Gasteiger partial charge is 0.334 e. The van der Waals surface area contributed by atoms with Gasteiger partial charge in [0.25, 0.3) is 0 Å². The highest BCUT2D eigenvalue weighted by Crippen LogP contribution is 1.94. The Morgan fingerprint density at radius 3 is 2.46 bits per heavy atom. The van der Waals surface area contributed by atoms with E-state index in [2.05, 4.69) is 16.6 Å². The summed E-state index contributed by atoms with van der Waals surface area (Å²) in [6.45, 7) is 5.50. The topological polar surface area (TPSA) is 26.3 Å². The maximum atomic E-state index is 10.9. The zero-order valence-electron chi connectivity index (χ0n) is 8.47. The van der Waals surface area contributed by atoms with Crippen LogP contribution in [0.25, 0.3) is 0 Å². The summed E-state index contributed by atoms with van der Waals surface area (Å²) in [5.41, 5.74) is 1.49. The molecule has 0 radical (unpaired) electrons. The molecule has 0 unspecified atom stereocenters. The van der Waals surface area contributed by atoms with Crippen molar-refractivity contribution < 1.29 is 9.53 Å². The lowest BCUT2D eigenvalue weighted by atomic mass is 10.2. The van der Waals surface area contributed by atoms with Gasteiger partial charge in [0.2, 0.25) is 0 Å². The third kappa shape index (κ3) is 4.86. The number of carbonyl (C=O) groups is 1. The fourth-order valence-electron chi connectivity index (χ4n) is 0.550. The molecule has 2 nitrogen and oxygen atoms in total. The van der Waals surface area contributed by atoms with Gasteiger partial charge >= 0.3 is 5.97 Å². The van der Waals surface area contributed by atoms with Gasteiger partial charge in [-0.1, -0.05) is 17.9 Å². The van der Waals surface area contributed by atoms with E-state index in [1.807, 2.05) is 19.9 Å². The molecular weight excluding hydrogens is 164 g/mol. The summed E-state index contributed by atoms with van der Waals surface area (Å²) in [7, 11) is 1.35. The fraction of sp³-hybridized carbons (Fsp3) is 0.364. The quantitative estimate of drug-likeness (QED) is 0.349. The number of hydrogen-bond donors (Lipinski definition) is 0. The van der Waals surface area contributed by atoms with E-state index in [1.54, 1.807) is 13.0 Å². The first-order valence-electron chi connectivity index (χ1n) is 4.01. The highest BCUT2D eigenvalue weighted by Gasteiger charge is 1.99. The number of carbonyl (C=O) groups excluding carboxylic acids is 1. The van der Waals surface area contributed by atoms with Crippen molar-refractivity contribution >= 4 is 5.97 Å². The van der Waals surface area contributed by atoms with Crippen LogP contribution in [0.4, 0.5) is 0 Å². The van der Waals surface area contributed by atoms with E-state index in [9.17, 15) is 4.79 Å². The highest BCUT2D eigenvalue weighted by molar-refractivity contribution is 5.88. The number of rotatable bonds is 1. The second kappa shape index (κ2) is 6.07. The molecule has 0 saturated carbocycles. The molecule has 0 spiro atoms. The molecule has 0 aliphatic heterocycles. The van der Waals surface area contributed by atoms with Crippen molar-refractivity contribution in [2.45, 2.75) is 20.8 Å². The summed E-state index contributed by atoms with van der Waals surface area (Å²) < 4.78 is 4.51. The molecule has 0 aromatic carbocycles. The third-order valence-electron chi connectivity index (χ3n) is 1.50. The van der Waals surface area contributed by atoms with Crippen LogP contribution in [0.15, 0.2) is 23.3 Å². The molecule has 0 rings (SSSR count). The molecule has 13 heavy (non-hydrogen) atoms. The maximum absolute atomic E-state index is 10.9. The minimum absolute atomic E-state index is 0.340. The van der Waals surface area contributed by atoms with E-state index in [0.29, 0.717) is 5.57 Å². The van der Waals surface area contributed by atoms with Crippen LogP contribution < -0.4 is 0 Å². The van der Waals surface area contributed by atoms with E-state index in [0.717, 1.165) is 5.57 Å². The minimum atomic E-state index is -0.340. The monoisotopic (exact) mass is 178 g/mol. The lowest BCUT2D eigenvalue weighted by Gasteiger charge is -1.93. The van der Waals surface area contributed by atoms with Crippen LogP contribution in [0, 0.1) is 11.8 Å². The number of esters is 1. The van der Waals surface area contributed by atoms with Crippen molar-refractivity contribution in [2.24, 2.45) is 0 Å². The van der Waals surface area contributed by atoms with Crippen molar-refractivity contribution in [3.63, 3.8) is 0 Å². The van der Waals surface area contributed by atoms with Gasteiger partial charge in [-0.25, -0.2) is 4.79 Å². The normalized spacial score (nSPS) is 11.7. The van der Waals surface area contributed by atoms with E-state index >= 15 is 0 Å². The molecule has 0 aromatic heterocycles. The molecule has 0 heterocycles. The molecule has 0 N–H and O–H groups in total. The van der Waals surface area contributed by atoms with Crippen molar-refractivity contribution in [1.82, 2.24) is 0 Å². The van der Waals surface area contributed by atoms with Crippen molar-refractivity contribution in [1.29, 1.82) is 0 Å². The Balaban J connectivity index is 4.40. The van der Waals surface area contributed by atoms with Crippen LogP contribution in [0.2, 0.25) is 0 Å². The van der Waals surface area contributed by atoms with Crippen molar-refractivity contribution in [3.8, 4) is 11.8 Å². The average Bonchev–Trinajstić information content (AvgIpc) is 2.15. The van der Waals surface area contributed by atoms with Crippen LogP contribution in [0.3, 0.4) is 0 Å². The highest BCUT2D eigenvalue weighted by atomic mass is 16.5. The van der Waals surface area contributed by atoms with Gasteiger partial charge in [-0.2, -0.15) is 0 Å². The number of allylic oxidation sites excluding steroid dienone is 3. The third-order valence-corrected chi connectivity index (χ3v) is 1.50. The number of ether oxygens (including phenoxy) is 1. The molecule has 0 amide bonds. The number of hydrogen-bond acceptors (Lipinski definition) is 2. The second-order valence-corrected chi connectivity index (χ2v) is 2.56. The average molecular weight is 178 g/mol. The Bertz CT molecular complexity index is 298. The fourth-order valence-corrected chi connectivity index (χ4v) is 0.550. The summed E-state index contributed by atoms with van der Waals surface area (Å²) in [5, 5.41) is 0. The van der Waals surface area contributed by atoms with Crippen molar-refractivity contribution in [2.75, 3.05) is 7.11 Å². The predicted octanol–water partition coefficient (Wildman–Crippen LogP) is 2.08. The molecular formula is C11H14O2. The summed E-state index contributed by atoms with van der Waals surface area (Å²) in [6, 6.07) is 0. The van der Waals surface area contributed by atoms with Gasteiger partial charge in [0.1, 0.15) is 0 Å². The van der Waals surface area contributed by atoms with Crippen LogP contribution in [-0.4, -0.2) is 13.1 Å². The molecule has 0 atom stereocenters. The summed E-state index contributed by atoms with van der Waals surface area (Å²) >= 11 is 0. The van der Waals surface area contributed by atoms with Crippen LogP contribution in [0.5, 0.6) is 0 Å². The molecule has 0 fully saturated rings. The Morgan fingerprint density at radius 1 is 1.38 bits per heavy atom. The summed E-state index contributed by atoms with van der Waals surface area (Å²) in [4.78, 5) is 10.9. The first-order chi connectivity index (χ1) is 6.11. The van der Waals surface area contributed by atoms with E-state index < -0.39 is 0 Å². The molecule has 0 aromatic rings. The van der Waals surface area contributed by atoms with E-state index in [-0.39, 0.29) is 5.97 Å². The van der Waals surface area contributed by atoms with Gasteiger partial charge in [-0.05, 0) is 32.4 Å². The van der Waals surface area contributed by atoms with Gasteiger partial charge in [0.15, 0.2) is 0 Å². The first-order valence-corrected chi connectivity index (χ1v) is 4.01. The second-order valence-electron chi connectivity index (χ2n) is 2.56. The van der Waals surface area contributed by atoms with E-state index in [1.165, 1.54) is 7.11 Å². The van der Waals surface area contributed by atoms with Crippen LogP contribution >= 0.6 is 0 Å². The molecule has 70 valence electrons. The molecule has 0 saturated heterocycles. The summed E-state index contributed by atoms with van der Waals surface area (Å²) in [6.07, 6.45) is 3.47. The lowest BCUT2D eigenvalue weighted by Crippen LogP contribution is -2.00. The lowest BCUT2D eigenvalue weighted by molar-refractivity contribution is -0.136. The molecule has 0 aliphatic carbocycles. The minimum Gasteiger partial charge on any atom is -0.466 e. The molecule has 0 bridgehead atoms. The van der Waals surface area contributed by atoms with Gasteiger partial charge < -0.3 is 4.74 Å². The molecule has 2 heteroatoms. The van der Waals surface area contributed by atoms with Crippen molar-refractivity contribution in [3.05, 3.63) is 23.3 Å². The summed E-state index contributed by atoms with van der Waals surface area (Å²) in [5.74, 6) is 5.30. The van der Waals surface area contributed by atoms with Crippen LogP contribution in [-0.2, 0) is 9.53 Å². The Labute approximate surface area is 79.3 Å². The Morgan fingerprint density at radius 2 is 2.00 bits per heavy atom. The van der Waals surface area contributed by atoms with Gasteiger partial charge in [-0.3, -0.25) is 0 Å². The Kier molecular flexibility index (Phi) is 5.38. The number of methoxy groups -OCH3 is 1. The first kappa shape index (κ1) is 11.5. The maximum Gasteiger partial charge on any atom is 0.334 e. The zero-order chi connectivity index (χ0) is 10.3.